The molecular formula is C16H15ClN4O4. The minimum atomic E-state index is -0.440. The Morgan fingerprint density at radius 1 is 1.28 bits per heavy atom. The molecule has 1 aromatic carbocycles. The van der Waals surface area contributed by atoms with E-state index >= 15 is 0 Å². The van der Waals surface area contributed by atoms with Crippen LogP contribution < -0.4 is 20.3 Å². The molecule has 0 bridgehead atoms. The molecule has 9 heteroatoms. The number of aromatic nitrogens is 3. The third kappa shape index (κ3) is 3.29. The SMILES string of the molecule is COc1cc(OC)c(NC(=O)Cn2ncn3cccc3c2=O)cc1Cl. The predicted octanol–water partition coefficient (Wildman–Crippen LogP) is 1.81. The quantitative estimate of drug-likeness (QED) is 0.748. The van der Waals surface area contributed by atoms with Gasteiger partial charge in [-0.3, -0.25) is 9.59 Å². The first-order chi connectivity index (χ1) is 12.0. The van der Waals surface area contributed by atoms with Crippen molar-refractivity contribution < 1.29 is 14.3 Å². The molecule has 0 aliphatic rings. The topological polar surface area (TPSA) is 86.9 Å². The van der Waals surface area contributed by atoms with Crippen LogP contribution in [-0.2, 0) is 11.3 Å². The van der Waals surface area contributed by atoms with E-state index in [4.69, 9.17) is 21.1 Å². The summed E-state index contributed by atoms with van der Waals surface area (Å²) in [5, 5.41) is 6.96. The Labute approximate surface area is 147 Å². The van der Waals surface area contributed by atoms with E-state index in [1.54, 1.807) is 28.8 Å². The zero-order valence-electron chi connectivity index (χ0n) is 13.5. The van der Waals surface area contributed by atoms with Crippen LogP contribution in [0, 0.1) is 0 Å². The number of methoxy groups -OCH3 is 2. The number of rotatable bonds is 5. The minimum absolute atomic E-state index is 0.243. The Morgan fingerprint density at radius 3 is 2.76 bits per heavy atom. The van der Waals surface area contributed by atoms with Crippen LogP contribution in [0.3, 0.4) is 0 Å². The molecular weight excluding hydrogens is 348 g/mol. The summed E-state index contributed by atoms with van der Waals surface area (Å²) >= 11 is 6.08. The molecule has 0 atom stereocenters. The molecule has 0 saturated heterocycles. The van der Waals surface area contributed by atoms with Crippen LogP contribution in [-0.4, -0.2) is 34.3 Å². The Morgan fingerprint density at radius 2 is 2.04 bits per heavy atom. The second-order valence-corrected chi connectivity index (χ2v) is 5.54. The second kappa shape index (κ2) is 6.86. The molecule has 0 spiro atoms. The average Bonchev–Trinajstić information content (AvgIpc) is 3.07. The monoisotopic (exact) mass is 362 g/mol. The normalized spacial score (nSPS) is 10.7. The number of carbonyl (C=O) groups excluding carboxylic acids is 1. The van der Waals surface area contributed by atoms with Gasteiger partial charge in [0.2, 0.25) is 5.91 Å². The fourth-order valence-corrected chi connectivity index (χ4v) is 2.62. The highest BCUT2D eigenvalue weighted by Gasteiger charge is 2.14. The van der Waals surface area contributed by atoms with E-state index in [1.165, 1.54) is 26.6 Å². The molecule has 130 valence electrons. The largest absolute Gasteiger partial charge is 0.495 e. The minimum Gasteiger partial charge on any atom is -0.495 e. The highest BCUT2D eigenvalue weighted by Crippen LogP contribution is 2.35. The van der Waals surface area contributed by atoms with Crippen LogP contribution >= 0.6 is 11.6 Å². The molecule has 0 saturated carbocycles. The third-order valence-corrected chi connectivity index (χ3v) is 3.88. The number of benzene rings is 1. The summed E-state index contributed by atoms with van der Waals surface area (Å²) in [6, 6.07) is 6.47. The molecule has 3 rings (SSSR count). The summed E-state index contributed by atoms with van der Waals surface area (Å²) in [6.07, 6.45) is 3.17. The van der Waals surface area contributed by atoms with Crippen LogP contribution in [0.4, 0.5) is 5.69 Å². The third-order valence-electron chi connectivity index (χ3n) is 3.59. The van der Waals surface area contributed by atoms with Crippen molar-refractivity contribution in [1.29, 1.82) is 0 Å². The molecule has 0 radical (unpaired) electrons. The molecule has 1 N–H and O–H groups in total. The number of hydrogen-bond acceptors (Lipinski definition) is 5. The van der Waals surface area contributed by atoms with Crippen LogP contribution in [0.2, 0.25) is 5.02 Å². The van der Waals surface area contributed by atoms with Crippen molar-refractivity contribution in [2.24, 2.45) is 0 Å². The predicted molar refractivity (Wildman–Crippen MR) is 92.6 cm³/mol. The number of ether oxygens (including phenoxy) is 2. The van der Waals surface area contributed by atoms with E-state index in [1.807, 2.05) is 0 Å². The van der Waals surface area contributed by atoms with Crippen molar-refractivity contribution in [2.75, 3.05) is 19.5 Å². The Balaban J connectivity index is 1.83. The fraction of sp³-hybridized carbons (Fsp3) is 0.188. The number of halogens is 1. The number of nitrogens with zero attached hydrogens (tertiary/aromatic N) is 3. The van der Waals surface area contributed by atoms with Gasteiger partial charge in [0.05, 0.1) is 24.9 Å². The first-order valence-corrected chi connectivity index (χ1v) is 7.65. The number of amides is 1. The number of hydrogen-bond donors (Lipinski definition) is 1. The summed E-state index contributed by atoms with van der Waals surface area (Å²) in [6.45, 7) is -0.243. The molecule has 0 unspecified atom stereocenters. The number of fused-ring (bicyclic) bond motifs is 1. The first kappa shape index (κ1) is 16.8. The molecule has 0 aliphatic carbocycles. The van der Waals surface area contributed by atoms with Crippen molar-refractivity contribution in [1.82, 2.24) is 14.2 Å². The van der Waals surface area contributed by atoms with Crippen molar-refractivity contribution in [2.45, 2.75) is 6.54 Å². The highest BCUT2D eigenvalue weighted by atomic mass is 35.5. The lowest BCUT2D eigenvalue weighted by Gasteiger charge is -2.13. The maximum Gasteiger partial charge on any atom is 0.291 e. The van der Waals surface area contributed by atoms with Crippen molar-refractivity contribution in [3.63, 3.8) is 0 Å². The summed E-state index contributed by atoms with van der Waals surface area (Å²) in [7, 11) is 2.94. The molecule has 0 fully saturated rings. The Bertz CT molecular complexity index is 995. The maximum absolute atomic E-state index is 12.3. The van der Waals surface area contributed by atoms with Gasteiger partial charge in [-0.15, -0.1) is 0 Å². The van der Waals surface area contributed by atoms with Crippen LogP contribution in [0.25, 0.3) is 5.52 Å². The lowest BCUT2D eigenvalue weighted by molar-refractivity contribution is -0.117. The van der Waals surface area contributed by atoms with E-state index in [9.17, 15) is 9.59 Å². The van der Waals surface area contributed by atoms with Crippen LogP contribution in [0.5, 0.6) is 11.5 Å². The Kier molecular flexibility index (Phi) is 4.62. The molecule has 25 heavy (non-hydrogen) atoms. The fourth-order valence-electron chi connectivity index (χ4n) is 2.37. The van der Waals surface area contributed by atoms with E-state index in [-0.39, 0.29) is 12.1 Å². The Hall–Kier alpha value is -3.00. The number of carbonyl (C=O) groups is 1. The van der Waals surface area contributed by atoms with Crippen molar-refractivity contribution in [3.05, 3.63) is 52.2 Å². The molecule has 0 aliphatic heterocycles. The van der Waals surface area contributed by atoms with Gasteiger partial charge in [-0.1, -0.05) is 11.6 Å². The van der Waals surface area contributed by atoms with Gasteiger partial charge in [-0.25, -0.2) is 4.68 Å². The zero-order valence-corrected chi connectivity index (χ0v) is 14.3. The number of anilines is 1. The molecule has 8 nitrogen and oxygen atoms in total. The van der Waals surface area contributed by atoms with Gasteiger partial charge < -0.3 is 19.2 Å². The van der Waals surface area contributed by atoms with Crippen molar-refractivity contribution >= 4 is 28.7 Å². The molecule has 2 aromatic heterocycles. The van der Waals surface area contributed by atoms with Gasteiger partial charge in [0.25, 0.3) is 5.56 Å². The maximum atomic E-state index is 12.3. The van der Waals surface area contributed by atoms with Gasteiger partial charge in [-0.2, -0.15) is 5.10 Å². The zero-order chi connectivity index (χ0) is 18.0. The van der Waals surface area contributed by atoms with Gasteiger partial charge >= 0.3 is 0 Å². The van der Waals surface area contributed by atoms with Crippen LogP contribution in [0.15, 0.2) is 41.6 Å². The van der Waals surface area contributed by atoms with E-state index in [2.05, 4.69) is 10.4 Å². The summed E-state index contributed by atoms with van der Waals surface area (Å²) in [4.78, 5) is 24.6. The van der Waals surface area contributed by atoms with Gasteiger partial charge in [0, 0.05) is 12.3 Å². The standard InChI is InChI=1S/C16H15ClN4O4/c1-24-13-7-14(25-2)11(6-10(13)17)19-15(22)8-21-16(23)12-4-3-5-20(12)9-18-21/h3-7,9H,8H2,1-2H3,(H,19,22). The van der Waals surface area contributed by atoms with Crippen LogP contribution in [0.1, 0.15) is 0 Å². The average molecular weight is 363 g/mol. The summed E-state index contributed by atoms with van der Waals surface area (Å²) in [5.41, 5.74) is 0.449. The van der Waals surface area contributed by atoms with Gasteiger partial charge in [0.1, 0.15) is 29.9 Å². The lowest BCUT2D eigenvalue weighted by Crippen LogP contribution is -2.30. The van der Waals surface area contributed by atoms with Gasteiger partial charge in [0.15, 0.2) is 0 Å². The second-order valence-electron chi connectivity index (χ2n) is 5.13. The molecule has 3 aromatic rings. The molecule has 1 amide bonds. The highest BCUT2D eigenvalue weighted by molar-refractivity contribution is 6.32. The van der Waals surface area contributed by atoms with E-state index in [0.29, 0.717) is 27.7 Å². The summed E-state index contributed by atoms with van der Waals surface area (Å²) in [5.74, 6) is 0.370. The lowest BCUT2D eigenvalue weighted by atomic mass is 10.2. The molecule has 2 heterocycles. The van der Waals surface area contributed by atoms with E-state index in [0.717, 1.165) is 4.68 Å². The van der Waals surface area contributed by atoms with E-state index < -0.39 is 5.91 Å². The van der Waals surface area contributed by atoms with Gasteiger partial charge in [-0.05, 0) is 18.2 Å². The smallest absolute Gasteiger partial charge is 0.291 e. The van der Waals surface area contributed by atoms with Crippen molar-refractivity contribution in [3.8, 4) is 11.5 Å². The summed E-state index contributed by atoms with van der Waals surface area (Å²) < 4.78 is 13.0. The number of nitrogens with one attached hydrogen (secondary N) is 1. The first-order valence-electron chi connectivity index (χ1n) is 7.27.